The largest absolute Gasteiger partial charge is 0.311 e. The summed E-state index contributed by atoms with van der Waals surface area (Å²) in [6, 6.07) is 2.67. The van der Waals surface area contributed by atoms with E-state index in [1.165, 1.54) is 64.8 Å². The van der Waals surface area contributed by atoms with Crippen LogP contribution in [0.25, 0.3) is 0 Å². The molecule has 0 amide bonds. The summed E-state index contributed by atoms with van der Waals surface area (Å²) in [6.07, 6.45) is 7.32. The van der Waals surface area contributed by atoms with Gasteiger partial charge in [0.15, 0.2) is 0 Å². The Morgan fingerprint density at radius 2 is 1.59 bits per heavy atom. The molecule has 4 fully saturated rings. The summed E-state index contributed by atoms with van der Waals surface area (Å²) in [6.45, 7) is 6.57. The Bertz CT molecular complexity index is 285. The van der Waals surface area contributed by atoms with Crippen LogP contribution in [-0.2, 0) is 0 Å². The van der Waals surface area contributed by atoms with E-state index in [2.05, 4.69) is 15.1 Å². The second kappa shape index (κ2) is 4.22. The smallest absolute Gasteiger partial charge is 0.0236 e. The quantitative estimate of drug-likeness (QED) is 0.784. The van der Waals surface area contributed by atoms with Gasteiger partial charge in [-0.2, -0.15) is 0 Å². The van der Waals surface area contributed by atoms with Crippen molar-refractivity contribution in [1.82, 2.24) is 15.1 Å². The standard InChI is InChI=1S/C14H25N3/c1-2-11(1)14-10-17(8-6-15-14)13-5-7-16(9-13)12-3-4-12/h11-15H,1-10H2. The van der Waals surface area contributed by atoms with Gasteiger partial charge in [-0.05, 0) is 38.0 Å². The molecule has 0 radical (unpaired) electrons. The molecule has 17 heavy (non-hydrogen) atoms. The first kappa shape index (κ1) is 10.8. The molecule has 2 heterocycles. The van der Waals surface area contributed by atoms with Crippen LogP contribution in [0.4, 0.5) is 0 Å². The summed E-state index contributed by atoms with van der Waals surface area (Å²) < 4.78 is 0. The lowest BCUT2D eigenvalue weighted by molar-refractivity contribution is 0.135. The average molecular weight is 235 g/mol. The van der Waals surface area contributed by atoms with Crippen LogP contribution in [0.15, 0.2) is 0 Å². The fourth-order valence-corrected chi connectivity index (χ4v) is 3.79. The molecule has 2 unspecified atom stereocenters. The van der Waals surface area contributed by atoms with Crippen molar-refractivity contribution in [2.45, 2.75) is 50.2 Å². The van der Waals surface area contributed by atoms with Crippen molar-refractivity contribution < 1.29 is 0 Å². The minimum atomic E-state index is 0.818. The monoisotopic (exact) mass is 235 g/mol. The maximum absolute atomic E-state index is 3.73. The van der Waals surface area contributed by atoms with Crippen molar-refractivity contribution in [1.29, 1.82) is 0 Å². The predicted molar refractivity (Wildman–Crippen MR) is 69.1 cm³/mol. The van der Waals surface area contributed by atoms with E-state index in [1.807, 2.05) is 0 Å². The predicted octanol–water partition coefficient (Wildman–Crippen LogP) is 0.907. The Labute approximate surface area is 105 Å². The highest BCUT2D eigenvalue weighted by molar-refractivity contribution is 4.97. The van der Waals surface area contributed by atoms with E-state index in [0.29, 0.717) is 0 Å². The second-order valence-corrected chi connectivity index (χ2v) is 6.56. The zero-order valence-corrected chi connectivity index (χ0v) is 10.8. The number of piperazine rings is 1. The summed E-state index contributed by atoms with van der Waals surface area (Å²) >= 11 is 0. The minimum Gasteiger partial charge on any atom is -0.311 e. The number of hydrogen-bond donors (Lipinski definition) is 1. The van der Waals surface area contributed by atoms with E-state index in [9.17, 15) is 0 Å². The third-order valence-corrected chi connectivity index (χ3v) is 5.20. The van der Waals surface area contributed by atoms with Crippen molar-refractivity contribution in [3.8, 4) is 0 Å². The highest BCUT2D eigenvalue weighted by Gasteiger charge is 2.39. The van der Waals surface area contributed by atoms with Crippen LogP contribution in [0.3, 0.4) is 0 Å². The van der Waals surface area contributed by atoms with Gasteiger partial charge in [0.2, 0.25) is 0 Å². The van der Waals surface area contributed by atoms with Gasteiger partial charge in [0.25, 0.3) is 0 Å². The molecule has 0 aromatic heterocycles. The molecule has 4 aliphatic rings. The van der Waals surface area contributed by atoms with Gasteiger partial charge in [-0.25, -0.2) is 0 Å². The van der Waals surface area contributed by atoms with E-state index in [4.69, 9.17) is 0 Å². The molecule has 2 atom stereocenters. The third kappa shape index (κ3) is 2.25. The summed E-state index contributed by atoms with van der Waals surface area (Å²) in [5.41, 5.74) is 0. The van der Waals surface area contributed by atoms with Crippen LogP contribution >= 0.6 is 0 Å². The number of rotatable bonds is 3. The van der Waals surface area contributed by atoms with Crippen molar-refractivity contribution in [3.63, 3.8) is 0 Å². The van der Waals surface area contributed by atoms with Gasteiger partial charge in [-0.15, -0.1) is 0 Å². The fourth-order valence-electron chi connectivity index (χ4n) is 3.79. The van der Waals surface area contributed by atoms with Crippen LogP contribution in [0.1, 0.15) is 32.1 Å². The normalized spacial score (nSPS) is 40.9. The van der Waals surface area contributed by atoms with Crippen LogP contribution in [0.2, 0.25) is 0 Å². The first-order valence-corrected chi connectivity index (χ1v) is 7.61. The molecule has 2 aliphatic carbocycles. The summed E-state index contributed by atoms with van der Waals surface area (Å²) in [7, 11) is 0. The molecular formula is C14H25N3. The molecule has 4 rings (SSSR count). The minimum absolute atomic E-state index is 0.818. The maximum atomic E-state index is 3.73. The van der Waals surface area contributed by atoms with Gasteiger partial charge in [0, 0.05) is 50.8 Å². The van der Waals surface area contributed by atoms with Crippen LogP contribution in [0, 0.1) is 5.92 Å². The van der Waals surface area contributed by atoms with E-state index in [1.54, 1.807) is 0 Å². The van der Waals surface area contributed by atoms with E-state index in [0.717, 1.165) is 24.0 Å². The van der Waals surface area contributed by atoms with Gasteiger partial charge in [-0.1, -0.05) is 0 Å². The highest BCUT2D eigenvalue weighted by Crippen LogP contribution is 2.35. The van der Waals surface area contributed by atoms with Crippen molar-refractivity contribution in [3.05, 3.63) is 0 Å². The van der Waals surface area contributed by atoms with Gasteiger partial charge < -0.3 is 5.32 Å². The average Bonchev–Trinajstić information content (AvgIpc) is 3.28. The molecule has 1 N–H and O–H groups in total. The Morgan fingerprint density at radius 1 is 0.765 bits per heavy atom. The Hall–Kier alpha value is -0.120. The number of likely N-dealkylation sites (tertiary alicyclic amines) is 1. The number of nitrogens with zero attached hydrogens (tertiary/aromatic N) is 2. The van der Waals surface area contributed by atoms with E-state index >= 15 is 0 Å². The Morgan fingerprint density at radius 3 is 2.35 bits per heavy atom. The molecule has 0 bridgehead atoms. The Kier molecular flexibility index (Phi) is 2.67. The van der Waals surface area contributed by atoms with Crippen LogP contribution < -0.4 is 5.32 Å². The molecular weight excluding hydrogens is 210 g/mol. The number of hydrogen-bond acceptors (Lipinski definition) is 3. The molecule has 3 heteroatoms. The lowest BCUT2D eigenvalue weighted by atomic mass is 10.1. The molecule has 96 valence electrons. The summed E-state index contributed by atoms with van der Waals surface area (Å²) in [5, 5.41) is 3.73. The van der Waals surface area contributed by atoms with Crippen molar-refractivity contribution in [2.24, 2.45) is 5.92 Å². The fraction of sp³-hybridized carbons (Fsp3) is 1.00. The molecule has 2 saturated heterocycles. The van der Waals surface area contributed by atoms with E-state index < -0.39 is 0 Å². The lowest BCUT2D eigenvalue weighted by Crippen LogP contribution is -2.55. The van der Waals surface area contributed by atoms with Crippen molar-refractivity contribution in [2.75, 3.05) is 32.7 Å². The van der Waals surface area contributed by atoms with Gasteiger partial charge in [0.1, 0.15) is 0 Å². The first-order chi connectivity index (χ1) is 8.40. The van der Waals surface area contributed by atoms with Gasteiger partial charge in [0.05, 0.1) is 0 Å². The van der Waals surface area contributed by atoms with E-state index in [-0.39, 0.29) is 0 Å². The molecule has 0 spiro atoms. The van der Waals surface area contributed by atoms with Crippen LogP contribution in [-0.4, -0.2) is 60.6 Å². The Balaban J connectivity index is 1.34. The molecule has 0 aromatic carbocycles. The zero-order valence-electron chi connectivity index (χ0n) is 10.8. The number of nitrogens with one attached hydrogen (secondary N) is 1. The van der Waals surface area contributed by atoms with Gasteiger partial charge >= 0.3 is 0 Å². The van der Waals surface area contributed by atoms with Gasteiger partial charge in [-0.3, -0.25) is 9.80 Å². The molecule has 2 saturated carbocycles. The topological polar surface area (TPSA) is 18.5 Å². The highest BCUT2D eigenvalue weighted by atomic mass is 15.3. The molecule has 2 aliphatic heterocycles. The first-order valence-electron chi connectivity index (χ1n) is 7.61. The maximum Gasteiger partial charge on any atom is 0.0236 e. The molecule has 0 aromatic rings. The van der Waals surface area contributed by atoms with Crippen molar-refractivity contribution >= 4 is 0 Å². The SMILES string of the molecule is C1CN(C2CCN(C3CC3)C2)CC(C2CC2)N1. The third-order valence-electron chi connectivity index (χ3n) is 5.20. The lowest BCUT2D eigenvalue weighted by Gasteiger charge is -2.37. The van der Waals surface area contributed by atoms with Crippen LogP contribution in [0.5, 0.6) is 0 Å². The molecule has 3 nitrogen and oxygen atoms in total. The zero-order chi connectivity index (χ0) is 11.2. The summed E-state index contributed by atoms with van der Waals surface area (Å²) in [4.78, 5) is 5.54. The summed E-state index contributed by atoms with van der Waals surface area (Å²) in [5.74, 6) is 1.01. The second-order valence-electron chi connectivity index (χ2n) is 6.56.